The average Bonchev–Trinajstić information content (AvgIpc) is 2.39. The predicted octanol–water partition coefficient (Wildman–Crippen LogP) is 2.24. The Morgan fingerprint density at radius 3 is 2.45 bits per heavy atom. The topological polar surface area (TPSA) is 87.6 Å². The summed E-state index contributed by atoms with van der Waals surface area (Å²) in [4.78, 5) is 32.5. The van der Waals surface area contributed by atoms with Gasteiger partial charge in [0, 0.05) is 6.20 Å². The molecule has 22 heavy (non-hydrogen) atoms. The summed E-state index contributed by atoms with van der Waals surface area (Å²) >= 11 is 3.21. The lowest BCUT2D eigenvalue weighted by molar-refractivity contribution is -0.164. The number of aromatic nitrogens is 2. The SMILES string of the molecule is CCOC(=O)C(C(=O)OC(C)(C)C)c1ncc(Br)c(OC)n1. The summed E-state index contributed by atoms with van der Waals surface area (Å²) < 4.78 is 15.7. The Morgan fingerprint density at radius 2 is 1.95 bits per heavy atom. The van der Waals surface area contributed by atoms with E-state index < -0.39 is 23.5 Å². The van der Waals surface area contributed by atoms with Crippen LogP contribution in [0.15, 0.2) is 10.7 Å². The van der Waals surface area contributed by atoms with Gasteiger partial charge in [-0.15, -0.1) is 0 Å². The van der Waals surface area contributed by atoms with E-state index in [0.29, 0.717) is 4.47 Å². The van der Waals surface area contributed by atoms with Crippen LogP contribution in [0.5, 0.6) is 5.88 Å². The molecule has 1 heterocycles. The van der Waals surface area contributed by atoms with Crippen molar-refractivity contribution in [2.24, 2.45) is 0 Å². The maximum Gasteiger partial charge on any atom is 0.328 e. The number of halogens is 1. The van der Waals surface area contributed by atoms with Crippen molar-refractivity contribution < 1.29 is 23.8 Å². The highest BCUT2D eigenvalue weighted by atomic mass is 79.9. The molecule has 1 aromatic heterocycles. The molecule has 0 aromatic carbocycles. The van der Waals surface area contributed by atoms with E-state index in [2.05, 4.69) is 25.9 Å². The van der Waals surface area contributed by atoms with E-state index in [4.69, 9.17) is 14.2 Å². The van der Waals surface area contributed by atoms with Crippen LogP contribution in [-0.4, -0.2) is 41.2 Å². The Morgan fingerprint density at radius 1 is 1.32 bits per heavy atom. The van der Waals surface area contributed by atoms with Crippen LogP contribution in [0.4, 0.5) is 0 Å². The second-order valence-corrected chi connectivity index (χ2v) is 6.16. The number of carbonyl (C=O) groups excluding carboxylic acids is 2. The molecule has 0 radical (unpaired) electrons. The number of hydrogen-bond donors (Lipinski definition) is 0. The fourth-order valence-electron chi connectivity index (χ4n) is 1.54. The molecule has 0 saturated carbocycles. The van der Waals surface area contributed by atoms with Crippen molar-refractivity contribution in [2.75, 3.05) is 13.7 Å². The molecule has 1 atom stereocenters. The smallest absolute Gasteiger partial charge is 0.328 e. The van der Waals surface area contributed by atoms with E-state index in [1.54, 1.807) is 27.7 Å². The molecular weight excluding hydrogens is 356 g/mol. The number of rotatable bonds is 5. The van der Waals surface area contributed by atoms with Crippen LogP contribution < -0.4 is 4.74 Å². The van der Waals surface area contributed by atoms with Crippen LogP contribution in [-0.2, 0) is 19.1 Å². The van der Waals surface area contributed by atoms with Gasteiger partial charge in [0.05, 0.1) is 18.2 Å². The van der Waals surface area contributed by atoms with E-state index in [0.717, 1.165) is 0 Å². The quantitative estimate of drug-likeness (QED) is 0.576. The van der Waals surface area contributed by atoms with Crippen LogP contribution >= 0.6 is 15.9 Å². The summed E-state index contributed by atoms with van der Waals surface area (Å²) in [6, 6.07) is 0. The Labute approximate surface area is 137 Å². The van der Waals surface area contributed by atoms with Crippen LogP contribution in [0, 0.1) is 0 Å². The summed E-state index contributed by atoms with van der Waals surface area (Å²) in [6.45, 7) is 6.89. The third-order valence-corrected chi connectivity index (χ3v) is 2.89. The number of methoxy groups -OCH3 is 1. The molecule has 1 unspecified atom stereocenters. The zero-order valence-corrected chi connectivity index (χ0v) is 14.8. The van der Waals surface area contributed by atoms with E-state index in [-0.39, 0.29) is 18.3 Å². The van der Waals surface area contributed by atoms with Gasteiger partial charge in [0.25, 0.3) is 0 Å². The van der Waals surface area contributed by atoms with E-state index >= 15 is 0 Å². The van der Waals surface area contributed by atoms with Gasteiger partial charge in [-0.1, -0.05) is 0 Å². The van der Waals surface area contributed by atoms with Crippen molar-refractivity contribution >= 4 is 27.9 Å². The predicted molar refractivity (Wildman–Crippen MR) is 81.5 cm³/mol. The van der Waals surface area contributed by atoms with Gasteiger partial charge in [0.1, 0.15) is 5.60 Å². The number of nitrogens with zero attached hydrogens (tertiary/aromatic N) is 2. The van der Waals surface area contributed by atoms with Gasteiger partial charge in [0.15, 0.2) is 5.82 Å². The first-order valence-electron chi connectivity index (χ1n) is 6.65. The minimum atomic E-state index is -1.36. The molecule has 0 aliphatic rings. The molecule has 0 amide bonds. The fraction of sp³-hybridized carbons (Fsp3) is 0.571. The maximum atomic E-state index is 12.3. The zero-order chi connectivity index (χ0) is 16.9. The standard InChI is InChI=1S/C14H19BrN2O5/c1-6-21-12(18)9(13(19)22-14(2,3)4)10-16-7-8(15)11(17-10)20-5/h7,9H,6H2,1-5H3. The highest BCUT2D eigenvalue weighted by Gasteiger charge is 2.37. The molecule has 0 aliphatic carbocycles. The first kappa shape index (κ1) is 18.3. The highest BCUT2D eigenvalue weighted by molar-refractivity contribution is 9.10. The van der Waals surface area contributed by atoms with Gasteiger partial charge in [-0.2, -0.15) is 4.98 Å². The lowest BCUT2D eigenvalue weighted by Crippen LogP contribution is -2.33. The maximum absolute atomic E-state index is 12.3. The Balaban J connectivity index is 3.20. The Hall–Kier alpha value is -1.70. The number of esters is 2. The van der Waals surface area contributed by atoms with Crippen molar-refractivity contribution in [3.05, 3.63) is 16.5 Å². The molecule has 0 aliphatic heterocycles. The van der Waals surface area contributed by atoms with E-state index in [9.17, 15) is 9.59 Å². The van der Waals surface area contributed by atoms with Crippen molar-refractivity contribution in [1.29, 1.82) is 0 Å². The van der Waals surface area contributed by atoms with Crippen molar-refractivity contribution in [1.82, 2.24) is 9.97 Å². The third-order valence-electron chi connectivity index (χ3n) is 2.35. The van der Waals surface area contributed by atoms with Gasteiger partial charge in [0.2, 0.25) is 11.8 Å². The lowest BCUT2D eigenvalue weighted by Gasteiger charge is -2.22. The lowest BCUT2D eigenvalue weighted by atomic mass is 10.1. The van der Waals surface area contributed by atoms with Crippen LogP contribution in [0.2, 0.25) is 0 Å². The summed E-state index contributed by atoms with van der Waals surface area (Å²) in [5.41, 5.74) is -0.749. The molecule has 122 valence electrons. The van der Waals surface area contributed by atoms with E-state index in [1.807, 2.05) is 0 Å². The first-order chi connectivity index (χ1) is 10.2. The minimum Gasteiger partial charge on any atom is -0.480 e. The monoisotopic (exact) mass is 374 g/mol. The molecule has 1 aromatic rings. The van der Waals surface area contributed by atoms with Gasteiger partial charge >= 0.3 is 11.9 Å². The number of ether oxygens (including phenoxy) is 3. The van der Waals surface area contributed by atoms with Crippen molar-refractivity contribution in [3.8, 4) is 5.88 Å². The summed E-state index contributed by atoms with van der Waals surface area (Å²) in [5, 5.41) is 0. The largest absolute Gasteiger partial charge is 0.480 e. The minimum absolute atomic E-state index is 0.0345. The zero-order valence-electron chi connectivity index (χ0n) is 13.2. The Kier molecular flexibility index (Phi) is 6.28. The highest BCUT2D eigenvalue weighted by Crippen LogP contribution is 2.25. The molecule has 0 saturated heterocycles. The summed E-state index contributed by atoms with van der Waals surface area (Å²) in [6.07, 6.45) is 1.40. The molecule has 7 nitrogen and oxygen atoms in total. The van der Waals surface area contributed by atoms with E-state index in [1.165, 1.54) is 13.3 Å². The van der Waals surface area contributed by atoms with Gasteiger partial charge < -0.3 is 14.2 Å². The molecule has 0 N–H and O–H groups in total. The molecule has 0 spiro atoms. The molecule has 8 heteroatoms. The third kappa shape index (κ3) is 4.94. The van der Waals surface area contributed by atoms with Crippen LogP contribution in [0.25, 0.3) is 0 Å². The molecule has 0 fully saturated rings. The van der Waals surface area contributed by atoms with Gasteiger partial charge in [-0.3, -0.25) is 9.59 Å². The number of carbonyl (C=O) groups is 2. The van der Waals surface area contributed by atoms with Crippen LogP contribution in [0.1, 0.15) is 39.4 Å². The average molecular weight is 375 g/mol. The second kappa shape index (κ2) is 7.53. The first-order valence-corrected chi connectivity index (χ1v) is 7.44. The fourth-order valence-corrected chi connectivity index (χ4v) is 1.89. The Bertz CT molecular complexity index is 557. The normalized spacial score (nSPS) is 12.5. The molecule has 0 bridgehead atoms. The van der Waals surface area contributed by atoms with Gasteiger partial charge in [-0.25, -0.2) is 4.98 Å². The van der Waals surface area contributed by atoms with Gasteiger partial charge in [-0.05, 0) is 43.6 Å². The molecular formula is C14H19BrN2O5. The number of hydrogen-bond acceptors (Lipinski definition) is 7. The van der Waals surface area contributed by atoms with Crippen molar-refractivity contribution in [3.63, 3.8) is 0 Å². The summed E-state index contributed by atoms with van der Waals surface area (Å²) in [5.74, 6) is -2.71. The van der Waals surface area contributed by atoms with Crippen LogP contribution in [0.3, 0.4) is 0 Å². The molecule has 1 rings (SSSR count). The van der Waals surface area contributed by atoms with Crippen molar-refractivity contribution in [2.45, 2.75) is 39.2 Å². The summed E-state index contributed by atoms with van der Waals surface area (Å²) in [7, 11) is 1.42. The second-order valence-electron chi connectivity index (χ2n) is 5.30.